The van der Waals surface area contributed by atoms with Crippen LogP contribution in [-0.2, 0) is 18.4 Å². The van der Waals surface area contributed by atoms with Crippen molar-refractivity contribution in [2.75, 3.05) is 7.05 Å². The minimum Gasteiger partial charge on any atom is -0.336 e. The lowest BCUT2D eigenvalue weighted by Gasteiger charge is -2.26. The molecular formula is C19H21N5O. The predicted octanol–water partition coefficient (Wildman–Crippen LogP) is 2.03. The maximum atomic E-state index is 12.3. The van der Waals surface area contributed by atoms with E-state index in [4.69, 9.17) is 0 Å². The summed E-state index contributed by atoms with van der Waals surface area (Å²) in [5.41, 5.74) is 3.19. The van der Waals surface area contributed by atoms with Crippen LogP contribution in [0.5, 0.6) is 0 Å². The molecule has 6 nitrogen and oxygen atoms in total. The molecular weight excluding hydrogens is 314 g/mol. The first-order valence-corrected chi connectivity index (χ1v) is 8.44. The van der Waals surface area contributed by atoms with Crippen LogP contribution in [0.15, 0.2) is 48.8 Å². The molecule has 1 aliphatic rings. The van der Waals surface area contributed by atoms with Gasteiger partial charge in [0.05, 0.1) is 17.3 Å². The number of carbonyl (C=O) groups excluding carboxylic acids is 1. The van der Waals surface area contributed by atoms with Crippen LogP contribution in [-0.4, -0.2) is 38.7 Å². The third kappa shape index (κ3) is 2.78. The van der Waals surface area contributed by atoms with E-state index in [2.05, 4.69) is 33.6 Å². The van der Waals surface area contributed by atoms with E-state index in [1.54, 1.807) is 6.20 Å². The normalized spacial score (nSPS) is 20.6. The van der Waals surface area contributed by atoms with Gasteiger partial charge >= 0.3 is 0 Å². The highest BCUT2D eigenvalue weighted by atomic mass is 16.2. The number of benzene rings is 1. The van der Waals surface area contributed by atoms with Gasteiger partial charge < -0.3 is 10.2 Å². The molecule has 25 heavy (non-hydrogen) atoms. The van der Waals surface area contributed by atoms with Crippen LogP contribution < -0.4 is 5.32 Å². The molecule has 2 aromatic heterocycles. The van der Waals surface area contributed by atoms with E-state index >= 15 is 0 Å². The van der Waals surface area contributed by atoms with E-state index < -0.39 is 0 Å². The van der Waals surface area contributed by atoms with E-state index in [1.165, 1.54) is 0 Å². The summed E-state index contributed by atoms with van der Waals surface area (Å²) in [7, 11) is 3.78. The van der Waals surface area contributed by atoms with Crippen molar-refractivity contribution < 1.29 is 4.79 Å². The summed E-state index contributed by atoms with van der Waals surface area (Å²) in [5.74, 6) is 0.153. The fraction of sp³-hybridized carbons (Fsp3) is 0.316. The highest BCUT2D eigenvalue weighted by Gasteiger charge is 2.39. The number of amides is 1. The third-order valence-corrected chi connectivity index (χ3v) is 5.02. The van der Waals surface area contributed by atoms with Crippen LogP contribution in [0.25, 0.3) is 10.9 Å². The van der Waals surface area contributed by atoms with E-state index in [1.807, 2.05) is 48.1 Å². The Bertz CT molecular complexity index is 914. The summed E-state index contributed by atoms with van der Waals surface area (Å²) in [5, 5.41) is 8.96. The number of nitrogens with one attached hydrogen (secondary N) is 1. The summed E-state index contributed by atoms with van der Waals surface area (Å²) in [6, 6.07) is 12.2. The number of likely N-dealkylation sites (tertiary alicyclic amines) is 1. The first-order valence-electron chi connectivity index (χ1n) is 8.44. The van der Waals surface area contributed by atoms with E-state index in [0.717, 1.165) is 22.2 Å². The van der Waals surface area contributed by atoms with Crippen molar-refractivity contribution in [2.45, 2.75) is 25.0 Å². The molecule has 0 aliphatic carbocycles. The van der Waals surface area contributed by atoms with Crippen molar-refractivity contribution in [3.8, 4) is 0 Å². The van der Waals surface area contributed by atoms with Crippen LogP contribution in [0.4, 0.5) is 0 Å². The van der Waals surface area contributed by atoms with Crippen molar-refractivity contribution in [1.29, 1.82) is 0 Å². The minimum atomic E-state index is -0.0112. The highest BCUT2D eigenvalue weighted by molar-refractivity contribution is 5.82. The number of para-hydroxylation sites is 1. The second kappa shape index (κ2) is 6.29. The molecule has 0 saturated carbocycles. The molecule has 1 aromatic carbocycles. The fourth-order valence-electron chi connectivity index (χ4n) is 3.68. The number of pyridine rings is 1. The molecule has 1 N–H and O–H groups in total. The molecule has 0 radical (unpaired) electrons. The third-order valence-electron chi connectivity index (χ3n) is 5.02. The molecule has 0 unspecified atom stereocenters. The smallest absolute Gasteiger partial charge is 0.224 e. The molecule has 1 fully saturated rings. The molecule has 3 heterocycles. The zero-order valence-electron chi connectivity index (χ0n) is 14.4. The van der Waals surface area contributed by atoms with Gasteiger partial charge in [-0.1, -0.05) is 24.3 Å². The van der Waals surface area contributed by atoms with Gasteiger partial charge in [0.2, 0.25) is 5.91 Å². The van der Waals surface area contributed by atoms with Gasteiger partial charge in [-0.15, -0.1) is 0 Å². The largest absolute Gasteiger partial charge is 0.336 e. The summed E-state index contributed by atoms with van der Waals surface area (Å²) in [6.45, 7) is 0.675. The number of hydrogen-bond donors (Lipinski definition) is 1. The van der Waals surface area contributed by atoms with E-state index in [9.17, 15) is 4.79 Å². The van der Waals surface area contributed by atoms with E-state index in [0.29, 0.717) is 13.0 Å². The molecule has 0 spiro atoms. The number of hydrogen-bond acceptors (Lipinski definition) is 4. The van der Waals surface area contributed by atoms with Gasteiger partial charge in [-0.2, -0.15) is 5.10 Å². The van der Waals surface area contributed by atoms with Gasteiger partial charge in [0.15, 0.2) is 0 Å². The van der Waals surface area contributed by atoms with Crippen molar-refractivity contribution in [2.24, 2.45) is 7.05 Å². The average Bonchev–Trinajstić information content (AvgIpc) is 3.16. The van der Waals surface area contributed by atoms with Gasteiger partial charge in [0.1, 0.15) is 0 Å². The molecule has 4 rings (SSSR count). The molecule has 1 aliphatic heterocycles. The van der Waals surface area contributed by atoms with Crippen LogP contribution >= 0.6 is 0 Å². The quantitative estimate of drug-likeness (QED) is 0.792. The Hall–Kier alpha value is -2.73. The van der Waals surface area contributed by atoms with Crippen LogP contribution in [0.3, 0.4) is 0 Å². The Labute approximate surface area is 146 Å². The maximum Gasteiger partial charge on any atom is 0.224 e. The van der Waals surface area contributed by atoms with Crippen molar-refractivity contribution in [1.82, 2.24) is 25.0 Å². The van der Waals surface area contributed by atoms with Crippen molar-refractivity contribution in [3.63, 3.8) is 0 Å². The molecule has 128 valence electrons. The lowest BCUT2D eigenvalue weighted by atomic mass is 10.0. The standard InChI is InChI=1S/C19H21N5O/c1-23-17(25)11-15(19(23)16-8-10-22-24(16)2)21-12-14-6-3-5-13-7-4-9-20-18(13)14/h3-10,15,19,21H,11-12H2,1-2H3/t15-,19-/m1/s1. The molecule has 6 heteroatoms. The monoisotopic (exact) mass is 335 g/mol. The highest BCUT2D eigenvalue weighted by Crippen LogP contribution is 2.31. The number of likely N-dealkylation sites (N-methyl/N-ethyl adjacent to an activating group) is 1. The average molecular weight is 335 g/mol. The number of nitrogens with zero attached hydrogens (tertiary/aromatic N) is 4. The number of rotatable bonds is 4. The SMILES string of the molecule is CN1C(=O)C[C@@H](NCc2cccc3cccnc23)[C@@H]1c1ccnn1C. The second-order valence-corrected chi connectivity index (χ2v) is 6.51. The predicted molar refractivity (Wildman–Crippen MR) is 95.7 cm³/mol. The minimum absolute atomic E-state index is 0.0112. The topological polar surface area (TPSA) is 63.1 Å². The second-order valence-electron chi connectivity index (χ2n) is 6.51. The Balaban J connectivity index is 1.59. The van der Waals surface area contributed by atoms with E-state index in [-0.39, 0.29) is 18.0 Å². The molecule has 2 atom stereocenters. The maximum absolute atomic E-state index is 12.3. The van der Waals surface area contributed by atoms with Gasteiger partial charge in [0, 0.05) is 50.9 Å². The number of aryl methyl sites for hydroxylation is 1. The fourth-order valence-corrected chi connectivity index (χ4v) is 3.68. The number of fused-ring (bicyclic) bond motifs is 1. The lowest BCUT2D eigenvalue weighted by molar-refractivity contribution is -0.127. The van der Waals surface area contributed by atoms with Crippen LogP contribution in [0, 0.1) is 0 Å². The van der Waals surface area contributed by atoms with Crippen molar-refractivity contribution >= 4 is 16.8 Å². The number of carbonyl (C=O) groups is 1. The molecule has 1 amide bonds. The first-order chi connectivity index (χ1) is 12.1. The van der Waals surface area contributed by atoms with Gasteiger partial charge in [0.25, 0.3) is 0 Å². The molecule has 1 saturated heterocycles. The zero-order valence-corrected chi connectivity index (χ0v) is 14.4. The van der Waals surface area contributed by atoms with Gasteiger partial charge in [-0.05, 0) is 17.7 Å². The summed E-state index contributed by atoms with van der Waals surface area (Å²) in [6.07, 6.45) is 4.08. The van der Waals surface area contributed by atoms with Gasteiger partial charge in [-0.3, -0.25) is 14.5 Å². The number of aromatic nitrogens is 3. The summed E-state index contributed by atoms with van der Waals surface area (Å²) >= 11 is 0. The lowest BCUT2D eigenvalue weighted by Crippen LogP contribution is -2.36. The molecule has 0 bridgehead atoms. The van der Waals surface area contributed by atoms with Crippen LogP contribution in [0.1, 0.15) is 23.7 Å². The Morgan fingerprint density at radius 1 is 1.16 bits per heavy atom. The molecule has 3 aromatic rings. The Morgan fingerprint density at radius 2 is 2.00 bits per heavy atom. The Kier molecular flexibility index (Phi) is 3.97. The van der Waals surface area contributed by atoms with Crippen molar-refractivity contribution in [3.05, 3.63) is 60.0 Å². The zero-order chi connectivity index (χ0) is 17.4. The summed E-state index contributed by atoms with van der Waals surface area (Å²) < 4.78 is 1.84. The Morgan fingerprint density at radius 3 is 2.80 bits per heavy atom. The van der Waals surface area contributed by atoms with Gasteiger partial charge in [-0.25, -0.2) is 0 Å². The van der Waals surface area contributed by atoms with Crippen LogP contribution in [0.2, 0.25) is 0 Å². The first kappa shape index (κ1) is 15.8. The summed E-state index contributed by atoms with van der Waals surface area (Å²) in [4.78, 5) is 18.6.